The molecular formula is C15H21N3. The van der Waals surface area contributed by atoms with Crippen LogP contribution in [0, 0.1) is 20.8 Å². The van der Waals surface area contributed by atoms with E-state index < -0.39 is 0 Å². The van der Waals surface area contributed by atoms with Crippen molar-refractivity contribution in [2.75, 3.05) is 6.54 Å². The summed E-state index contributed by atoms with van der Waals surface area (Å²) in [5.74, 6) is 0. The summed E-state index contributed by atoms with van der Waals surface area (Å²) in [5, 5.41) is 7.91. The topological polar surface area (TPSA) is 29.9 Å². The van der Waals surface area contributed by atoms with Crippen molar-refractivity contribution in [1.82, 2.24) is 15.1 Å². The molecule has 0 spiro atoms. The van der Waals surface area contributed by atoms with Crippen LogP contribution in [-0.4, -0.2) is 16.3 Å². The number of nitrogens with zero attached hydrogens (tertiary/aromatic N) is 2. The van der Waals surface area contributed by atoms with Crippen molar-refractivity contribution < 1.29 is 0 Å². The number of benzene rings is 1. The third kappa shape index (κ3) is 2.62. The van der Waals surface area contributed by atoms with Crippen LogP contribution in [0.25, 0.3) is 5.69 Å². The van der Waals surface area contributed by atoms with Gasteiger partial charge >= 0.3 is 0 Å². The number of aryl methyl sites for hydroxylation is 3. The Labute approximate surface area is 109 Å². The fourth-order valence-corrected chi connectivity index (χ4v) is 2.14. The van der Waals surface area contributed by atoms with Crippen molar-refractivity contribution in [3.63, 3.8) is 0 Å². The van der Waals surface area contributed by atoms with E-state index in [2.05, 4.69) is 55.5 Å². The Hall–Kier alpha value is -1.61. The molecule has 1 aromatic carbocycles. The molecule has 1 aromatic heterocycles. The van der Waals surface area contributed by atoms with Crippen LogP contribution in [0.4, 0.5) is 0 Å². The minimum absolute atomic E-state index is 0.906. The van der Waals surface area contributed by atoms with Gasteiger partial charge in [0, 0.05) is 12.2 Å². The van der Waals surface area contributed by atoms with E-state index in [4.69, 9.17) is 0 Å². The summed E-state index contributed by atoms with van der Waals surface area (Å²) in [5.41, 5.74) is 5.96. The molecule has 0 aliphatic rings. The van der Waals surface area contributed by atoms with E-state index in [0.717, 1.165) is 18.8 Å². The highest BCUT2D eigenvalue weighted by atomic mass is 15.3. The van der Waals surface area contributed by atoms with Gasteiger partial charge in [-0.15, -0.1) is 0 Å². The van der Waals surface area contributed by atoms with Crippen LogP contribution in [0.2, 0.25) is 0 Å². The first kappa shape index (κ1) is 12.8. The van der Waals surface area contributed by atoms with E-state index in [1.165, 1.54) is 22.5 Å². The summed E-state index contributed by atoms with van der Waals surface area (Å²) in [4.78, 5) is 0. The number of hydrogen-bond acceptors (Lipinski definition) is 2. The zero-order chi connectivity index (χ0) is 13.1. The summed E-state index contributed by atoms with van der Waals surface area (Å²) in [6.45, 7) is 10.3. The SMILES string of the molecule is CCNCc1ccc(C)c(-n2nc(C)cc2C)c1. The molecule has 2 rings (SSSR count). The molecule has 0 saturated carbocycles. The van der Waals surface area contributed by atoms with Crippen LogP contribution >= 0.6 is 0 Å². The second-order valence-corrected chi connectivity index (χ2v) is 4.74. The maximum Gasteiger partial charge on any atom is 0.0681 e. The predicted octanol–water partition coefficient (Wildman–Crippen LogP) is 2.91. The molecule has 0 atom stereocenters. The van der Waals surface area contributed by atoms with Crippen molar-refractivity contribution in [2.45, 2.75) is 34.2 Å². The number of rotatable bonds is 4. The highest BCUT2D eigenvalue weighted by molar-refractivity contribution is 5.44. The molecule has 1 N–H and O–H groups in total. The highest BCUT2D eigenvalue weighted by Crippen LogP contribution is 2.18. The predicted molar refractivity (Wildman–Crippen MR) is 75.2 cm³/mol. The van der Waals surface area contributed by atoms with Crippen molar-refractivity contribution in [2.24, 2.45) is 0 Å². The van der Waals surface area contributed by atoms with Crippen LogP contribution < -0.4 is 5.32 Å². The molecule has 1 heterocycles. The molecule has 0 aliphatic carbocycles. The van der Waals surface area contributed by atoms with Gasteiger partial charge in [-0.05, 0) is 50.6 Å². The van der Waals surface area contributed by atoms with Crippen molar-refractivity contribution >= 4 is 0 Å². The lowest BCUT2D eigenvalue weighted by atomic mass is 10.1. The van der Waals surface area contributed by atoms with Gasteiger partial charge in [-0.2, -0.15) is 5.10 Å². The maximum atomic E-state index is 4.56. The summed E-state index contributed by atoms with van der Waals surface area (Å²) in [6.07, 6.45) is 0. The summed E-state index contributed by atoms with van der Waals surface area (Å²) >= 11 is 0. The molecule has 18 heavy (non-hydrogen) atoms. The molecule has 0 unspecified atom stereocenters. The average Bonchev–Trinajstić information content (AvgIpc) is 2.67. The fourth-order valence-electron chi connectivity index (χ4n) is 2.14. The first-order chi connectivity index (χ1) is 8.61. The third-order valence-corrected chi connectivity index (χ3v) is 3.09. The van der Waals surface area contributed by atoms with Crippen LogP contribution in [-0.2, 0) is 6.54 Å². The molecule has 0 radical (unpaired) electrons. The van der Waals surface area contributed by atoms with Crippen LogP contribution in [0.3, 0.4) is 0 Å². The minimum atomic E-state index is 0.906. The lowest BCUT2D eigenvalue weighted by molar-refractivity contribution is 0.724. The lowest BCUT2D eigenvalue weighted by Crippen LogP contribution is -2.12. The van der Waals surface area contributed by atoms with E-state index in [1.54, 1.807) is 0 Å². The fraction of sp³-hybridized carbons (Fsp3) is 0.400. The van der Waals surface area contributed by atoms with Gasteiger partial charge in [-0.3, -0.25) is 0 Å². The smallest absolute Gasteiger partial charge is 0.0681 e. The molecule has 0 fully saturated rings. The third-order valence-electron chi connectivity index (χ3n) is 3.09. The second kappa shape index (κ2) is 5.36. The van der Waals surface area contributed by atoms with Gasteiger partial charge in [0.15, 0.2) is 0 Å². The number of nitrogens with one attached hydrogen (secondary N) is 1. The summed E-state index contributed by atoms with van der Waals surface area (Å²) in [6, 6.07) is 8.67. The van der Waals surface area contributed by atoms with Gasteiger partial charge in [0.05, 0.1) is 11.4 Å². The second-order valence-electron chi connectivity index (χ2n) is 4.74. The quantitative estimate of drug-likeness (QED) is 0.895. The zero-order valence-corrected chi connectivity index (χ0v) is 11.6. The van der Waals surface area contributed by atoms with E-state index in [1.807, 2.05) is 11.6 Å². The molecule has 0 amide bonds. The maximum absolute atomic E-state index is 4.56. The van der Waals surface area contributed by atoms with Gasteiger partial charge in [0.2, 0.25) is 0 Å². The first-order valence-electron chi connectivity index (χ1n) is 6.45. The summed E-state index contributed by atoms with van der Waals surface area (Å²) in [7, 11) is 0. The first-order valence-corrected chi connectivity index (χ1v) is 6.45. The normalized spacial score (nSPS) is 10.9. The molecule has 96 valence electrons. The van der Waals surface area contributed by atoms with Crippen molar-refractivity contribution in [3.8, 4) is 5.69 Å². The van der Waals surface area contributed by atoms with E-state index in [9.17, 15) is 0 Å². The molecule has 0 bridgehead atoms. The van der Waals surface area contributed by atoms with Gasteiger partial charge in [-0.25, -0.2) is 4.68 Å². The minimum Gasteiger partial charge on any atom is -0.313 e. The van der Waals surface area contributed by atoms with Crippen LogP contribution in [0.5, 0.6) is 0 Å². The standard InChI is InChI=1S/C15H21N3/c1-5-16-10-14-7-6-11(2)15(9-14)18-13(4)8-12(3)17-18/h6-9,16H,5,10H2,1-4H3. The van der Waals surface area contributed by atoms with E-state index in [0.29, 0.717) is 0 Å². The zero-order valence-electron chi connectivity index (χ0n) is 11.6. The van der Waals surface area contributed by atoms with Crippen molar-refractivity contribution in [1.29, 1.82) is 0 Å². The van der Waals surface area contributed by atoms with E-state index >= 15 is 0 Å². The van der Waals surface area contributed by atoms with Crippen molar-refractivity contribution in [3.05, 3.63) is 46.8 Å². The van der Waals surface area contributed by atoms with Crippen LogP contribution in [0.15, 0.2) is 24.3 Å². The number of hydrogen-bond donors (Lipinski definition) is 1. The highest BCUT2D eigenvalue weighted by Gasteiger charge is 2.07. The molecule has 0 saturated heterocycles. The van der Waals surface area contributed by atoms with Gasteiger partial charge in [-0.1, -0.05) is 19.1 Å². The van der Waals surface area contributed by atoms with Gasteiger partial charge in [0.25, 0.3) is 0 Å². The molecule has 3 nitrogen and oxygen atoms in total. The van der Waals surface area contributed by atoms with E-state index in [-0.39, 0.29) is 0 Å². The molecule has 3 heteroatoms. The Morgan fingerprint density at radius 1 is 1.17 bits per heavy atom. The lowest BCUT2D eigenvalue weighted by Gasteiger charge is -2.11. The number of aromatic nitrogens is 2. The Kier molecular flexibility index (Phi) is 3.82. The molecule has 0 aliphatic heterocycles. The van der Waals surface area contributed by atoms with Gasteiger partial charge in [0.1, 0.15) is 0 Å². The monoisotopic (exact) mass is 243 g/mol. The Morgan fingerprint density at radius 3 is 2.56 bits per heavy atom. The Balaban J connectivity index is 2.40. The largest absolute Gasteiger partial charge is 0.313 e. The molecular weight excluding hydrogens is 222 g/mol. The Bertz CT molecular complexity index is 541. The average molecular weight is 243 g/mol. The van der Waals surface area contributed by atoms with Crippen LogP contribution in [0.1, 0.15) is 29.4 Å². The molecule has 2 aromatic rings. The summed E-state index contributed by atoms with van der Waals surface area (Å²) < 4.78 is 2.03. The Morgan fingerprint density at radius 2 is 1.94 bits per heavy atom. The van der Waals surface area contributed by atoms with Gasteiger partial charge < -0.3 is 5.32 Å².